The molecule has 27 heavy (non-hydrogen) atoms. The molecule has 5 heteroatoms. The first-order chi connectivity index (χ1) is 13.0. The second kappa shape index (κ2) is 7.99. The van der Waals surface area contributed by atoms with Crippen LogP contribution in [0.1, 0.15) is 19.4 Å². The molecular weight excluding hydrogens is 334 g/mol. The van der Waals surface area contributed by atoms with E-state index in [-0.39, 0.29) is 0 Å². The van der Waals surface area contributed by atoms with Crippen molar-refractivity contribution in [3.63, 3.8) is 0 Å². The van der Waals surface area contributed by atoms with Crippen molar-refractivity contribution in [1.29, 1.82) is 0 Å². The van der Waals surface area contributed by atoms with Crippen LogP contribution in [0.25, 0.3) is 23.4 Å². The molecule has 0 saturated carbocycles. The molecule has 0 unspecified atom stereocenters. The average molecular weight is 359 g/mol. The Morgan fingerprint density at radius 2 is 2.07 bits per heavy atom. The minimum Gasteiger partial charge on any atom is -0.345 e. The molecule has 138 valence electrons. The zero-order valence-corrected chi connectivity index (χ0v) is 16.3. The van der Waals surface area contributed by atoms with Gasteiger partial charge in [0.05, 0.1) is 28.9 Å². The Morgan fingerprint density at radius 1 is 1.26 bits per heavy atom. The average Bonchev–Trinajstić information content (AvgIpc) is 3.07. The Kier molecular flexibility index (Phi) is 5.50. The van der Waals surface area contributed by atoms with Gasteiger partial charge in [-0.2, -0.15) is 0 Å². The van der Waals surface area contributed by atoms with Gasteiger partial charge >= 0.3 is 0 Å². The van der Waals surface area contributed by atoms with E-state index in [4.69, 9.17) is 0 Å². The van der Waals surface area contributed by atoms with Gasteiger partial charge in [0, 0.05) is 43.4 Å². The summed E-state index contributed by atoms with van der Waals surface area (Å²) in [6.45, 7) is 8.42. The van der Waals surface area contributed by atoms with E-state index < -0.39 is 0 Å². The van der Waals surface area contributed by atoms with Crippen molar-refractivity contribution in [3.05, 3.63) is 71.7 Å². The number of allylic oxidation sites excluding steroid dienone is 1. The van der Waals surface area contributed by atoms with Crippen molar-refractivity contribution in [2.45, 2.75) is 20.3 Å². The maximum Gasteiger partial charge on any atom is 0.0955 e. The zero-order valence-electron chi connectivity index (χ0n) is 16.3. The summed E-state index contributed by atoms with van der Waals surface area (Å²) in [5.41, 5.74) is 5.23. The summed E-state index contributed by atoms with van der Waals surface area (Å²) in [6, 6.07) is 6.38. The van der Waals surface area contributed by atoms with Crippen molar-refractivity contribution in [2.75, 3.05) is 11.9 Å². The van der Waals surface area contributed by atoms with E-state index in [1.165, 1.54) is 5.56 Å². The van der Waals surface area contributed by atoms with Crippen LogP contribution in [-0.4, -0.2) is 26.6 Å². The first-order valence-corrected chi connectivity index (χ1v) is 9.02. The lowest BCUT2D eigenvalue weighted by molar-refractivity contribution is 0.879. The number of hydrogen-bond acceptors (Lipinski definition) is 4. The molecule has 0 radical (unpaired) electrons. The van der Waals surface area contributed by atoms with Gasteiger partial charge in [-0.1, -0.05) is 25.6 Å². The normalized spacial score (nSPS) is 12.4. The Hall–Kier alpha value is -3.21. The number of hydrogen-bond donors (Lipinski definition) is 0. The fourth-order valence-electron chi connectivity index (χ4n) is 3.07. The highest BCUT2D eigenvalue weighted by atomic mass is 15.1. The number of rotatable bonds is 5. The fraction of sp³-hybridized carbons (Fsp3) is 0.227. The van der Waals surface area contributed by atoms with Crippen LogP contribution in [-0.2, 0) is 13.5 Å². The molecule has 2 aromatic heterocycles. The van der Waals surface area contributed by atoms with Crippen molar-refractivity contribution >= 4 is 17.8 Å². The van der Waals surface area contributed by atoms with Crippen LogP contribution in [0.15, 0.2) is 55.4 Å². The summed E-state index contributed by atoms with van der Waals surface area (Å²) < 4.78 is 2.01. The molecule has 2 heterocycles. The van der Waals surface area contributed by atoms with E-state index in [1.807, 2.05) is 38.0 Å². The van der Waals surface area contributed by atoms with Crippen molar-refractivity contribution in [1.82, 2.24) is 19.5 Å². The van der Waals surface area contributed by atoms with Crippen molar-refractivity contribution < 1.29 is 0 Å². The lowest BCUT2D eigenvalue weighted by Crippen LogP contribution is -2.30. The monoisotopic (exact) mass is 359 g/mol. The van der Waals surface area contributed by atoms with Crippen LogP contribution in [0.2, 0.25) is 0 Å². The lowest BCUT2D eigenvalue weighted by Gasteiger charge is -2.23. The number of nitrogens with zero attached hydrogens (tertiary/aromatic N) is 5. The van der Waals surface area contributed by atoms with Crippen molar-refractivity contribution in [2.24, 2.45) is 7.05 Å². The first-order valence-electron chi connectivity index (χ1n) is 9.02. The van der Waals surface area contributed by atoms with Crippen LogP contribution in [0.5, 0.6) is 0 Å². The minimum absolute atomic E-state index is 0.879. The van der Waals surface area contributed by atoms with E-state index in [9.17, 15) is 0 Å². The molecule has 0 fully saturated rings. The molecule has 0 aliphatic rings. The maximum absolute atomic E-state index is 4.40. The quantitative estimate of drug-likeness (QED) is 0.703. The van der Waals surface area contributed by atoms with Crippen LogP contribution >= 0.6 is 0 Å². The fourth-order valence-corrected chi connectivity index (χ4v) is 3.07. The van der Waals surface area contributed by atoms with Gasteiger partial charge in [0.1, 0.15) is 0 Å². The molecular formula is C22H25N5. The summed E-state index contributed by atoms with van der Waals surface area (Å²) in [5.74, 6) is 0. The van der Waals surface area contributed by atoms with Gasteiger partial charge in [-0.05, 0) is 37.1 Å². The third-order valence-corrected chi connectivity index (χ3v) is 4.70. The Balaban J connectivity index is 1.98. The molecule has 0 aliphatic carbocycles. The van der Waals surface area contributed by atoms with E-state index in [2.05, 4.69) is 57.6 Å². The minimum atomic E-state index is 0.879. The third kappa shape index (κ3) is 3.82. The van der Waals surface area contributed by atoms with E-state index >= 15 is 0 Å². The van der Waals surface area contributed by atoms with Gasteiger partial charge in [-0.15, -0.1) is 0 Å². The molecule has 0 N–H and O–H groups in total. The maximum atomic E-state index is 4.40. The summed E-state index contributed by atoms with van der Waals surface area (Å²) in [4.78, 5) is 15.1. The molecule has 0 spiro atoms. The third-order valence-electron chi connectivity index (χ3n) is 4.70. The summed E-state index contributed by atoms with van der Waals surface area (Å²) in [6.07, 6.45) is 12.0. The number of aryl methyl sites for hydroxylation is 2. The zero-order chi connectivity index (χ0) is 19.4. The molecule has 0 bridgehead atoms. The second-order valence-corrected chi connectivity index (χ2v) is 6.40. The highest BCUT2D eigenvalue weighted by molar-refractivity contribution is 5.70. The molecule has 0 amide bonds. The molecule has 3 aromatic rings. The van der Waals surface area contributed by atoms with Gasteiger partial charge in [0.15, 0.2) is 0 Å². The van der Waals surface area contributed by atoms with E-state index in [0.717, 1.165) is 39.8 Å². The number of aromatic nitrogens is 4. The highest BCUT2D eigenvalue weighted by Gasteiger charge is 2.11. The van der Waals surface area contributed by atoms with Crippen LogP contribution in [0.3, 0.4) is 0 Å². The summed E-state index contributed by atoms with van der Waals surface area (Å²) in [5, 5.41) is 2.00. The Bertz CT molecular complexity index is 1060. The second-order valence-electron chi connectivity index (χ2n) is 6.40. The van der Waals surface area contributed by atoms with Crippen LogP contribution in [0.4, 0.5) is 5.69 Å². The predicted octanol–water partition coefficient (Wildman–Crippen LogP) is 2.67. The van der Waals surface area contributed by atoms with E-state index in [0.29, 0.717) is 0 Å². The number of anilines is 1. The molecule has 0 aliphatic heterocycles. The molecule has 3 rings (SSSR count). The predicted molar refractivity (Wildman–Crippen MR) is 111 cm³/mol. The lowest BCUT2D eigenvalue weighted by atomic mass is 10.0. The molecule has 0 saturated heterocycles. The van der Waals surface area contributed by atoms with Crippen molar-refractivity contribution in [3.8, 4) is 11.3 Å². The van der Waals surface area contributed by atoms with Gasteiger partial charge in [0.2, 0.25) is 0 Å². The molecule has 1 aromatic carbocycles. The van der Waals surface area contributed by atoms with Crippen LogP contribution in [0, 0.1) is 0 Å². The molecule has 5 nitrogen and oxygen atoms in total. The Labute approximate surface area is 160 Å². The largest absolute Gasteiger partial charge is 0.345 e. The highest BCUT2D eigenvalue weighted by Crippen LogP contribution is 2.28. The van der Waals surface area contributed by atoms with Gasteiger partial charge in [-0.25, -0.2) is 4.98 Å². The first kappa shape index (κ1) is 18.6. The van der Waals surface area contributed by atoms with Gasteiger partial charge in [0.25, 0.3) is 0 Å². The summed E-state index contributed by atoms with van der Waals surface area (Å²) in [7, 11) is 4.04. The smallest absolute Gasteiger partial charge is 0.0955 e. The topological polar surface area (TPSA) is 46.8 Å². The van der Waals surface area contributed by atoms with Gasteiger partial charge < -0.3 is 9.47 Å². The number of imidazole rings is 1. The Morgan fingerprint density at radius 3 is 2.74 bits per heavy atom. The SMILES string of the molecule is C=C(C=c1c(=CC)ncn1C)N(C)c1ccc(-c2cnccn2)cc1CC. The molecule has 0 atom stereocenters. The number of benzene rings is 1. The van der Waals surface area contributed by atoms with Gasteiger partial charge in [-0.3, -0.25) is 9.97 Å². The van der Waals surface area contributed by atoms with Crippen LogP contribution < -0.4 is 15.6 Å². The standard InChI is InChI=1S/C22H25N5/c1-6-17-13-18(20-14-23-10-11-24-20)8-9-21(17)27(5)16(3)12-22-19(7-2)25-15-26(22)4/h7-15H,3,6H2,1-2,4-5H3. The van der Waals surface area contributed by atoms with E-state index in [1.54, 1.807) is 18.6 Å². The summed E-state index contributed by atoms with van der Waals surface area (Å²) >= 11 is 0.